The van der Waals surface area contributed by atoms with Crippen molar-refractivity contribution in [1.29, 1.82) is 0 Å². The van der Waals surface area contributed by atoms with Crippen LogP contribution in [0, 0.1) is 35.5 Å². The van der Waals surface area contributed by atoms with E-state index < -0.39 is 0 Å². The first-order valence-corrected chi connectivity index (χ1v) is 12.7. The van der Waals surface area contributed by atoms with Gasteiger partial charge in [0.05, 0.1) is 0 Å². The molecule has 0 spiro atoms. The van der Waals surface area contributed by atoms with E-state index in [4.69, 9.17) is 0 Å². The van der Waals surface area contributed by atoms with E-state index in [2.05, 4.69) is 91.6 Å². The molecule has 5 rings (SSSR count). The molecule has 1 aromatic carbocycles. The van der Waals surface area contributed by atoms with Crippen LogP contribution < -0.4 is 0 Å². The van der Waals surface area contributed by atoms with Gasteiger partial charge in [-0.1, -0.05) is 104 Å². The monoisotopic (exact) mass is 410 g/mol. The Morgan fingerprint density at radius 2 is 1.35 bits per heavy atom. The summed E-state index contributed by atoms with van der Waals surface area (Å²) >= 11 is 0. The lowest BCUT2D eigenvalue weighted by Gasteiger charge is -2.49. The molecule has 0 aliphatic heterocycles. The highest BCUT2D eigenvalue weighted by molar-refractivity contribution is 5.36. The van der Waals surface area contributed by atoms with E-state index in [1.54, 1.807) is 5.56 Å². The average Bonchev–Trinajstić information content (AvgIpc) is 3.48. The molecule has 31 heavy (non-hydrogen) atoms. The molecule has 0 saturated heterocycles. The first-order chi connectivity index (χ1) is 15.4. The summed E-state index contributed by atoms with van der Waals surface area (Å²) in [6, 6.07) is 11.7. The first-order valence-electron chi connectivity index (χ1n) is 12.7. The van der Waals surface area contributed by atoms with E-state index >= 15 is 0 Å². The van der Waals surface area contributed by atoms with Crippen LogP contribution in [0.3, 0.4) is 0 Å². The lowest BCUT2D eigenvalue weighted by molar-refractivity contribution is 0.105. The molecule has 0 amide bonds. The number of hydrogen-bond donors (Lipinski definition) is 0. The van der Waals surface area contributed by atoms with Crippen LogP contribution in [-0.2, 0) is 5.41 Å². The van der Waals surface area contributed by atoms with Crippen LogP contribution in [0.15, 0.2) is 91.6 Å². The summed E-state index contributed by atoms with van der Waals surface area (Å²) in [5.74, 6) is 4.08. The van der Waals surface area contributed by atoms with Crippen LogP contribution in [0.2, 0.25) is 0 Å². The number of hydrogen-bond acceptors (Lipinski definition) is 0. The molecular weight excluding hydrogens is 372 g/mol. The summed E-state index contributed by atoms with van der Waals surface area (Å²) in [5.41, 5.74) is 1.89. The molecule has 0 heteroatoms. The number of fused-ring (bicyclic) bond motifs is 3. The van der Waals surface area contributed by atoms with Crippen molar-refractivity contribution in [2.45, 2.75) is 56.8 Å². The Bertz CT molecular complexity index is 829. The second-order valence-corrected chi connectivity index (χ2v) is 10.3. The molecule has 0 heterocycles. The van der Waals surface area contributed by atoms with Crippen LogP contribution in [-0.4, -0.2) is 0 Å². The summed E-state index contributed by atoms with van der Waals surface area (Å²) in [4.78, 5) is 0. The van der Waals surface area contributed by atoms with Gasteiger partial charge in [-0.05, 0) is 73.2 Å². The summed E-state index contributed by atoms with van der Waals surface area (Å²) in [6.07, 6.45) is 32.2. The van der Waals surface area contributed by atoms with E-state index in [9.17, 15) is 0 Å². The third-order valence-corrected chi connectivity index (χ3v) is 8.96. The van der Waals surface area contributed by atoms with Crippen LogP contribution >= 0.6 is 0 Å². The predicted molar refractivity (Wildman–Crippen MR) is 133 cm³/mol. The summed E-state index contributed by atoms with van der Waals surface area (Å²) in [6.45, 7) is 3.98. The standard InChI is InChI=1S/C31H38/c1-2-3-4-14-23-31(25-17-8-9-18-25,24-15-6-5-7-16-24)30-28-21-12-10-19-26(28)27-20-11-13-22-29(27)30/h2,5-7,10-13,15-16,19-22,25-30H,1,3-4,8-9,14,17-18,23H2. The lowest BCUT2D eigenvalue weighted by Crippen LogP contribution is -2.46. The molecule has 5 unspecified atom stereocenters. The Morgan fingerprint density at radius 1 is 0.774 bits per heavy atom. The minimum Gasteiger partial charge on any atom is -0.103 e. The maximum absolute atomic E-state index is 3.98. The zero-order chi connectivity index (χ0) is 21.1. The molecule has 2 saturated carbocycles. The van der Waals surface area contributed by atoms with E-state index in [0.29, 0.717) is 29.6 Å². The van der Waals surface area contributed by atoms with Crippen molar-refractivity contribution in [3.63, 3.8) is 0 Å². The molecule has 0 aromatic heterocycles. The third-order valence-electron chi connectivity index (χ3n) is 8.96. The zero-order valence-electron chi connectivity index (χ0n) is 18.9. The van der Waals surface area contributed by atoms with Gasteiger partial charge in [-0.3, -0.25) is 0 Å². The fourth-order valence-electron chi connectivity index (χ4n) is 7.83. The third kappa shape index (κ3) is 3.63. The average molecular weight is 411 g/mol. The van der Waals surface area contributed by atoms with Crippen LogP contribution in [0.25, 0.3) is 0 Å². The molecule has 4 aliphatic carbocycles. The molecule has 5 atom stereocenters. The Balaban J connectivity index is 1.64. The van der Waals surface area contributed by atoms with E-state index in [-0.39, 0.29) is 5.41 Å². The molecule has 0 nitrogen and oxygen atoms in total. The van der Waals surface area contributed by atoms with Gasteiger partial charge in [0, 0.05) is 5.41 Å². The van der Waals surface area contributed by atoms with Gasteiger partial charge in [0.15, 0.2) is 0 Å². The normalized spacial score (nSPS) is 33.2. The van der Waals surface area contributed by atoms with Crippen molar-refractivity contribution >= 4 is 0 Å². The highest BCUT2D eigenvalue weighted by Crippen LogP contribution is 2.63. The summed E-state index contributed by atoms with van der Waals surface area (Å²) in [5, 5.41) is 0. The predicted octanol–water partition coefficient (Wildman–Crippen LogP) is 8.21. The van der Waals surface area contributed by atoms with Gasteiger partial charge in [0.1, 0.15) is 0 Å². The topological polar surface area (TPSA) is 0 Å². The molecule has 162 valence electrons. The van der Waals surface area contributed by atoms with Crippen molar-refractivity contribution in [1.82, 2.24) is 0 Å². The Hall–Kier alpha value is -2.08. The fourth-order valence-corrected chi connectivity index (χ4v) is 7.83. The lowest BCUT2D eigenvalue weighted by atomic mass is 9.54. The van der Waals surface area contributed by atoms with Gasteiger partial charge in [-0.2, -0.15) is 0 Å². The van der Waals surface area contributed by atoms with Crippen molar-refractivity contribution in [3.8, 4) is 0 Å². The van der Waals surface area contributed by atoms with Crippen molar-refractivity contribution < 1.29 is 0 Å². The minimum atomic E-state index is 0.270. The van der Waals surface area contributed by atoms with Crippen LogP contribution in [0.1, 0.15) is 56.9 Å². The van der Waals surface area contributed by atoms with Gasteiger partial charge >= 0.3 is 0 Å². The fraction of sp³-hybridized carbons (Fsp3) is 0.484. The van der Waals surface area contributed by atoms with Gasteiger partial charge < -0.3 is 0 Å². The molecule has 0 bridgehead atoms. The van der Waals surface area contributed by atoms with Gasteiger partial charge in [0.25, 0.3) is 0 Å². The van der Waals surface area contributed by atoms with Crippen LogP contribution in [0.5, 0.6) is 0 Å². The zero-order valence-corrected chi connectivity index (χ0v) is 18.9. The first kappa shape index (κ1) is 20.8. The molecule has 2 fully saturated rings. The highest BCUT2D eigenvalue weighted by Gasteiger charge is 2.58. The minimum absolute atomic E-state index is 0.270. The van der Waals surface area contributed by atoms with E-state index in [1.165, 1.54) is 44.9 Å². The number of unbranched alkanes of at least 4 members (excludes halogenated alkanes) is 2. The largest absolute Gasteiger partial charge is 0.103 e. The van der Waals surface area contributed by atoms with Crippen molar-refractivity contribution in [2.75, 3.05) is 0 Å². The summed E-state index contributed by atoms with van der Waals surface area (Å²) < 4.78 is 0. The molecule has 0 radical (unpaired) electrons. The Labute approximate surface area is 189 Å². The molecule has 1 aromatic rings. The maximum Gasteiger partial charge on any atom is 0.00211 e. The van der Waals surface area contributed by atoms with Gasteiger partial charge in [-0.15, -0.1) is 6.58 Å². The second kappa shape index (κ2) is 9.19. The van der Waals surface area contributed by atoms with E-state index in [0.717, 1.165) is 12.3 Å². The Kier molecular flexibility index (Phi) is 6.17. The maximum atomic E-state index is 3.98. The van der Waals surface area contributed by atoms with Crippen molar-refractivity contribution in [2.24, 2.45) is 35.5 Å². The number of rotatable bonds is 8. The highest BCUT2D eigenvalue weighted by atomic mass is 14.6. The van der Waals surface area contributed by atoms with Gasteiger partial charge in [-0.25, -0.2) is 0 Å². The smallest absolute Gasteiger partial charge is 0.00211 e. The number of benzene rings is 1. The van der Waals surface area contributed by atoms with Gasteiger partial charge in [0.2, 0.25) is 0 Å². The molecule has 0 N–H and O–H groups in total. The summed E-state index contributed by atoms with van der Waals surface area (Å²) in [7, 11) is 0. The second-order valence-electron chi connectivity index (χ2n) is 10.3. The molecular formula is C31H38. The Morgan fingerprint density at radius 3 is 1.94 bits per heavy atom. The van der Waals surface area contributed by atoms with Crippen LogP contribution in [0.4, 0.5) is 0 Å². The SMILES string of the molecule is C=CCCCCC(c1ccccc1)(C1CCCC1)C1C2C=CC=CC2C2C=CC=CC21. The van der Waals surface area contributed by atoms with E-state index in [1.807, 2.05) is 0 Å². The number of allylic oxidation sites excluding steroid dienone is 9. The van der Waals surface area contributed by atoms with Crippen molar-refractivity contribution in [3.05, 3.63) is 97.2 Å². The molecule has 4 aliphatic rings. The quantitative estimate of drug-likeness (QED) is 0.299.